The SMILES string of the molecule is COc1ccc(N(Cc2cccs2)C(=O)C[NH+]2CCN(c3ccccc3O)CC2)cc1. The van der Waals surface area contributed by atoms with Crippen molar-refractivity contribution in [3.63, 3.8) is 0 Å². The first-order valence-electron chi connectivity index (χ1n) is 10.5. The van der Waals surface area contributed by atoms with E-state index in [2.05, 4.69) is 11.0 Å². The number of nitrogens with one attached hydrogen (secondary N) is 1. The van der Waals surface area contributed by atoms with Crippen LogP contribution in [0.1, 0.15) is 4.88 Å². The second kappa shape index (κ2) is 9.85. The van der Waals surface area contributed by atoms with Crippen LogP contribution in [-0.4, -0.2) is 50.8 Å². The number of piperazine rings is 1. The first-order chi connectivity index (χ1) is 15.1. The molecule has 0 radical (unpaired) electrons. The van der Waals surface area contributed by atoms with E-state index in [1.54, 1.807) is 24.5 Å². The number of carbonyl (C=O) groups excluding carboxylic acids is 1. The van der Waals surface area contributed by atoms with Crippen molar-refractivity contribution in [2.45, 2.75) is 6.54 Å². The lowest BCUT2D eigenvalue weighted by molar-refractivity contribution is -0.892. The van der Waals surface area contributed by atoms with Gasteiger partial charge in [-0.1, -0.05) is 18.2 Å². The van der Waals surface area contributed by atoms with Crippen molar-refractivity contribution in [2.75, 3.05) is 49.6 Å². The highest BCUT2D eigenvalue weighted by Crippen LogP contribution is 2.26. The average Bonchev–Trinajstić information content (AvgIpc) is 3.32. The van der Waals surface area contributed by atoms with Crippen LogP contribution in [0.25, 0.3) is 0 Å². The van der Waals surface area contributed by atoms with Gasteiger partial charge in [-0.05, 0) is 47.8 Å². The van der Waals surface area contributed by atoms with Gasteiger partial charge in [0.05, 0.1) is 45.5 Å². The zero-order valence-corrected chi connectivity index (χ0v) is 18.5. The number of quaternary nitrogens is 1. The lowest BCUT2D eigenvalue weighted by atomic mass is 10.2. The minimum Gasteiger partial charge on any atom is -0.506 e. The highest BCUT2D eigenvalue weighted by molar-refractivity contribution is 7.09. The van der Waals surface area contributed by atoms with Gasteiger partial charge in [0.1, 0.15) is 11.5 Å². The number of anilines is 2. The number of ether oxygens (including phenoxy) is 1. The average molecular weight is 439 g/mol. The Labute approximate surface area is 186 Å². The molecule has 4 rings (SSSR count). The molecule has 1 saturated heterocycles. The first kappa shape index (κ1) is 21.2. The number of aromatic hydroxyl groups is 1. The zero-order valence-electron chi connectivity index (χ0n) is 17.7. The first-order valence-corrected chi connectivity index (χ1v) is 11.4. The second-order valence-corrected chi connectivity index (χ2v) is 8.69. The van der Waals surface area contributed by atoms with Gasteiger partial charge >= 0.3 is 0 Å². The van der Waals surface area contributed by atoms with E-state index < -0.39 is 0 Å². The second-order valence-electron chi connectivity index (χ2n) is 7.66. The van der Waals surface area contributed by atoms with Gasteiger partial charge in [-0.2, -0.15) is 0 Å². The van der Waals surface area contributed by atoms with Gasteiger partial charge in [-0.25, -0.2) is 0 Å². The van der Waals surface area contributed by atoms with Crippen molar-refractivity contribution in [3.8, 4) is 11.5 Å². The molecular weight excluding hydrogens is 410 g/mol. The van der Waals surface area contributed by atoms with Crippen LogP contribution in [0.4, 0.5) is 11.4 Å². The molecule has 162 valence electrons. The van der Waals surface area contributed by atoms with Gasteiger partial charge in [0.25, 0.3) is 5.91 Å². The van der Waals surface area contributed by atoms with E-state index in [-0.39, 0.29) is 5.91 Å². The van der Waals surface area contributed by atoms with E-state index in [0.717, 1.165) is 48.2 Å². The molecule has 7 heteroatoms. The number of amides is 1. The van der Waals surface area contributed by atoms with Gasteiger partial charge in [0, 0.05) is 10.6 Å². The normalized spacial score (nSPS) is 14.4. The predicted octanol–water partition coefficient (Wildman–Crippen LogP) is 2.40. The van der Waals surface area contributed by atoms with E-state index in [0.29, 0.717) is 18.8 Å². The summed E-state index contributed by atoms with van der Waals surface area (Å²) in [6, 6.07) is 19.2. The van der Waals surface area contributed by atoms with Gasteiger partial charge in [0.15, 0.2) is 6.54 Å². The van der Waals surface area contributed by atoms with E-state index in [9.17, 15) is 9.90 Å². The van der Waals surface area contributed by atoms with Gasteiger partial charge < -0.3 is 24.5 Å². The quantitative estimate of drug-likeness (QED) is 0.595. The number of hydrogen-bond acceptors (Lipinski definition) is 5. The van der Waals surface area contributed by atoms with Crippen LogP contribution < -0.4 is 19.4 Å². The summed E-state index contributed by atoms with van der Waals surface area (Å²) in [5.74, 6) is 1.20. The maximum Gasteiger partial charge on any atom is 0.282 e. The van der Waals surface area contributed by atoms with E-state index in [4.69, 9.17) is 4.74 Å². The molecule has 1 aliphatic heterocycles. The standard InChI is InChI=1S/C24H27N3O3S/c1-30-20-10-8-19(9-11-20)27(17-21-5-4-16-31-21)24(29)18-25-12-14-26(15-13-25)22-6-2-3-7-23(22)28/h2-11,16,28H,12-15,17-18H2,1H3/p+1. The van der Waals surface area contributed by atoms with Crippen LogP contribution in [0.5, 0.6) is 11.5 Å². The third-order valence-corrected chi connectivity index (χ3v) is 6.53. The van der Waals surface area contributed by atoms with Crippen LogP contribution in [0.3, 0.4) is 0 Å². The number of carbonyl (C=O) groups is 1. The summed E-state index contributed by atoms with van der Waals surface area (Å²) in [4.78, 5) is 19.8. The Balaban J connectivity index is 1.42. The lowest BCUT2D eigenvalue weighted by Crippen LogP contribution is -3.16. The van der Waals surface area contributed by atoms with Crippen molar-refractivity contribution in [2.24, 2.45) is 0 Å². The molecule has 1 amide bonds. The summed E-state index contributed by atoms with van der Waals surface area (Å²) >= 11 is 1.66. The largest absolute Gasteiger partial charge is 0.506 e. The molecule has 1 aromatic heterocycles. The number of rotatable bonds is 7. The number of benzene rings is 2. The summed E-state index contributed by atoms with van der Waals surface area (Å²) < 4.78 is 5.26. The van der Waals surface area contributed by atoms with E-state index in [1.165, 1.54) is 4.90 Å². The van der Waals surface area contributed by atoms with Gasteiger partial charge in [-0.15, -0.1) is 11.3 Å². The van der Waals surface area contributed by atoms with Crippen LogP contribution in [0, 0.1) is 0 Å². The number of phenolic OH excluding ortho intramolecular Hbond substituents is 1. The topological polar surface area (TPSA) is 57.5 Å². The van der Waals surface area contributed by atoms with Gasteiger partial charge in [-0.3, -0.25) is 4.79 Å². The molecule has 2 aromatic carbocycles. The summed E-state index contributed by atoms with van der Waals surface area (Å²) in [7, 11) is 1.64. The fourth-order valence-electron chi connectivity index (χ4n) is 3.93. The lowest BCUT2D eigenvalue weighted by Gasteiger charge is -2.34. The molecule has 0 atom stereocenters. The Hall–Kier alpha value is -3.03. The van der Waals surface area contributed by atoms with Crippen LogP contribution in [-0.2, 0) is 11.3 Å². The number of para-hydroxylation sites is 2. The maximum atomic E-state index is 13.3. The maximum absolute atomic E-state index is 13.3. The third-order valence-electron chi connectivity index (χ3n) is 5.67. The Kier molecular flexibility index (Phi) is 6.74. The molecule has 0 spiro atoms. The molecule has 1 fully saturated rings. The Morgan fingerprint density at radius 2 is 1.84 bits per heavy atom. The number of nitrogens with zero attached hydrogens (tertiary/aromatic N) is 2. The fraction of sp³-hybridized carbons (Fsp3) is 0.292. The highest BCUT2D eigenvalue weighted by atomic mass is 32.1. The number of phenols is 1. The van der Waals surface area contributed by atoms with Crippen LogP contribution in [0.2, 0.25) is 0 Å². The summed E-state index contributed by atoms with van der Waals surface area (Å²) in [5.41, 5.74) is 1.75. The number of thiophene rings is 1. The minimum absolute atomic E-state index is 0.115. The molecule has 2 N–H and O–H groups in total. The summed E-state index contributed by atoms with van der Waals surface area (Å²) in [6.07, 6.45) is 0. The highest BCUT2D eigenvalue weighted by Gasteiger charge is 2.26. The molecule has 3 aromatic rings. The Bertz CT molecular complexity index is 984. The summed E-state index contributed by atoms with van der Waals surface area (Å²) in [6.45, 7) is 4.36. The van der Waals surface area contributed by atoms with Crippen molar-refractivity contribution in [3.05, 3.63) is 70.9 Å². The molecule has 0 bridgehead atoms. The Morgan fingerprint density at radius 1 is 1.10 bits per heavy atom. The molecule has 2 heterocycles. The molecule has 0 saturated carbocycles. The van der Waals surface area contributed by atoms with Crippen molar-refractivity contribution in [1.29, 1.82) is 0 Å². The van der Waals surface area contributed by atoms with Crippen LogP contribution >= 0.6 is 11.3 Å². The fourth-order valence-corrected chi connectivity index (χ4v) is 4.62. The van der Waals surface area contributed by atoms with Crippen molar-refractivity contribution in [1.82, 2.24) is 0 Å². The molecule has 0 aliphatic carbocycles. The third kappa shape index (κ3) is 5.18. The smallest absolute Gasteiger partial charge is 0.282 e. The summed E-state index contributed by atoms with van der Waals surface area (Å²) in [5, 5.41) is 12.2. The molecule has 1 aliphatic rings. The zero-order chi connectivity index (χ0) is 21.6. The van der Waals surface area contributed by atoms with Crippen molar-refractivity contribution >= 4 is 28.6 Å². The minimum atomic E-state index is 0.115. The molecule has 0 unspecified atom stereocenters. The molecular formula is C24H28N3O3S+. The predicted molar refractivity (Wildman–Crippen MR) is 124 cm³/mol. The van der Waals surface area contributed by atoms with Crippen LogP contribution in [0.15, 0.2) is 66.0 Å². The number of hydrogen-bond donors (Lipinski definition) is 2. The Morgan fingerprint density at radius 3 is 2.48 bits per heavy atom. The monoisotopic (exact) mass is 438 g/mol. The molecule has 31 heavy (non-hydrogen) atoms. The van der Waals surface area contributed by atoms with E-state index >= 15 is 0 Å². The number of methoxy groups -OCH3 is 1. The van der Waals surface area contributed by atoms with Crippen molar-refractivity contribution < 1.29 is 19.5 Å². The van der Waals surface area contributed by atoms with Gasteiger partial charge in [0.2, 0.25) is 0 Å². The molecule has 6 nitrogen and oxygen atoms in total. The van der Waals surface area contributed by atoms with E-state index in [1.807, 2.05) is 58.8 Å².